The van der Waals surface area contributed by atoms with E-state index in [4.69, 9.17) is 5.73 Å². The van der Waals surface area contributed by atoms with Gasteiger partial charge in [-0.15, -0.1) is 0 Å². The summed E-state index contributed by atoms with van der Waals surface area (Å²) in [4.78, 5) is 11.9. The molecule has 0 spiro atoms. The van der Waals surface area contributed by atoms with Gasteiger partial charge in [-0.1, -0.05) is 0 Å². The second-order valence-electron chi connectivity index (χ2n) is 4.16. The second-order valence-corrected chi connectivity index (χ2v) is 4.16. The van der Waals surface area contributed by atoms with Gasteiger partial charge in [-0.3, -0.25) is 14.2 Å². The predicted molar refractivity (Wildman–Crippen MR) is 66.7 cm³/mol. The average molecular weight is 248 g/mol. The molecule has 0 aromatic carbocycles. The standard InChI is InChI=1S/C11H16N6O/c1-7-4-9(16(2)15-7)11(18)13-5-8-6-14-17(3)10(8)12/h4,6H,5,12H2,1-3H3,(H,13,18). The van der Waals surface area contributed by atoms with Crippen LogP contribution in [-0.2, 0) is 20.6 Å². The van der Waals surface area contributed by atoms with Crippen molar-refractivity contribution in [3.8, 4) is 0 Å². The molecular weight excluding hydrogens is 232 g/mol. The summed E-state index contributed by atoms with van der Waals surface area (Å²) < 4.78 is 3.12. The lowest BCUT2D eigenvalue weighted by molar-refractivity contribution is 0.0941. The van der Waals surface area contributed by atoms with E-state index in [0.29, 0.717) is 18.1 Å². The molecule has 7 nitrogen and oxygen atoms in total. The second kappa shape index (κ2) is 4.52. The van der Waals surface area contributed by atoms with Gasteiger partial charge >= 0.3 is 0 Å². The number of hydrogen-bond donors (Lipinski definition) is 2. The summed E-state index contributed by atoms with van der Waals surface area (Å²) in [5, 5.41) is 10.9. The highest BCUT2D eigenvalue weighted by molar-refractivity contribution is 5.92. The monoisotopic (exact) mass is 248 g/mol. The van der Waals surface area contributed by atoms with Crippen molar-refractivity contribution in [2.24, 2.45) is 14.1 Å². The number of nitrogen functional groups attached to an aromatic ring is 1. The van der Waals surface area contributed by atoms with E-state index in [1.54, 1.807) is 35.7 Å². The minimum atomic E-state index is -0.179. The van der Waals surface area contributed by atoms with Gasteiger partial charge < -0.3 is 11.1 Å². The smallest absolute Gasteiger partial charge is 0.269 e. The van der Waals surface area contributed by atoms with Crippen LogP contribution in [-0.4, -0.2) is 25.5 Å². The Hall–Kier alpha value is -2.31. The van der Waals surface area contributed by atoms with Gasteiger partial charge in [-0.25, -0.2) is 0 Å². The van der Waals surface area contributed by atoms with Gasteiger partial charge in [0, 0.05) is 26.2 Å². The van der Waals surface area contributed by atoms with Gasteiger partial charge in [0.2, 0.25) is 0 Å². The lowest BCUT2D eigenvalue weighted by Crippen LogP contribution is -2.25. The van der Waals surface area contributed by atoms with E-state index in [2.05, 4.69) is 15.5 Å². The average Bonchev–Trinajstić information content (AvgIpc) is 2.81. The molecule has 0 saturated heterocycles. The lowest BCUT2D eigenvalue weighted by atomic mass is 10.3. The molecule has 0 aliphatic heterocycles. The van der Waals surface area contributed by atoms with Crippen LogP contribution in [0.25, 0.3) is 0 Å². The Morgan fingerprint density at radius 2 is 2.17 bits per heavy atom. The zero-order valence-corrected chi connectivity index (χ0v) is 10.6. The van der Waals surface area contributed by atoms with E-state index in [9.17, 15) is 4.79 Å². The van der Waals surface area contributed by atoms with E-state index in [1.807, 2.05) is 6.92 Å². The lowest BCUT2D eigenvalue weighted by Gasteiger charge is -2.04. The minimum absolute atomic E-state index is 0.179. The molecule has 0 fully saturated rings. The first-order valence-electron chi connectivity index (χ1n) is 5.54. The molecular formula is C11H16N6O. The van der Waals surface area contributed by atoms with Crippen LogP contribution in [0.3, 0.4) is 0 Å². The zero-order valence-electron chi connectivity index (χ0n) is 10.6. The van der Waals surface area contributed by atoms with Gasteiger partial charge in [0.15, 0.2) is 0 Å². The van der Waals surface area contributed by atoms with Gasteiger partial charge in [0.05, 0.1) is 11.9 Å². The first-order chi connectivity index (χ1) is 8.49. The summed E-state index contributed by atoms with van der Waals surface area (Å²) >= 11 is 0. The number of aromatic nitrogens is 4. The summed E-state index contributed by atoms with van der Waals surface area (Å²) in [6, 6.07) is 1.74. The fourth-order valence-corrected chi connectivity index (χ4v) is 1.72. The van der Waals surface area contributed by atoms with Crippen molar-refractivity contribution >= 4 is 11.7 Å². The third kappa shape index (κ3) is 2.20. The Labute approximate surface area is 105 Å². The number of rotatable bonds is 3. The summed E-state index contributed by atoms with van der Waals surface area (Å²) in [5.41, 5.74) is 7.92. The van der Waals surface area contributed by atoms with Crippen LogP contribution in [0.1, 0.15) is 21.7 Å². The highest BCUT2D eigenvalue weighted by Crippen LogP contribution is 2.09. The van der Waals surface area contributed by atoms with Crippen LogP contribution >= 0.6 is 0 Å². The number of carbonyl (C=O) groups excluding carboxylic acids is 1. The maximum atomic E-state index is 11.9. The molecule has 18 heavy (non-hydrogen) atoms. The third-order valence-corrected chi connectivity index (χ3v) is 2.74. The Morgan fingerprint density at radius 1 is 1.44 bits per heavy atom. The molecule has 0 atom stereocenters. The Morgan fingerprint density at radius 3 is 2.67 bits per heavy atom. The van der Waals surface area contributed by atoms with Crippen LogP contribution in [0.2, 0.25) is 0 Å². The van der Waals surface area contributed by atoms with Crippen LogP contribution in [0.15, 0.2) is 12.3 Å². The highest BCUT2D eigenvalue weighted by Gasteiger charge is 2.12. The van der Waals surface area contributed by atoms with Crippen molar-refractivity contribution in [3.63, 3.8) is 0 Å². The van der Waals surface area contributed by atoms with E-state index < -0.39 is 0 Å². The number of nitrogens with zero attached hydrogens (tertiary/aromatic N) is 4. The number of carbonyl (C=O) groups is 1. The molecule has 0 unspecified atom stereocenters. The summed E-state index contributed by atoms with van der Waals surface area (Å²) in [6.07, 6.45) is 1.64. The van der Waals surface area contributed by atoms with Crippen LogP contribution < -0.4 is 11.1 Å². The molecule has 2 heterocycles. The largest absolute Gasteiger partial charge is 0.384 e. The van der Waals surface area contributed by atoms with Crippen LogP contribution in [0.5, 0.6) is 0 Å². The third-order valence-electron chi connectivity index (χ3n) is 2.74. The maximum Gasteiger partial charge on any atom is 0.269 e. The molecule has 0 aliphatic carbocycles. The van der Waals surface area contributed by atoms with Crippen LogP contribution in [0.4, 0.5) is 5.82 Å². The Bertz CT molecular complexity index is 582. The quantitative estimate of drug-likeness (QED) is 0.798. The molecule has 2 rings (SSSR count). The fraction of sp³-hybridized carbons (Fsp3) is 0.364. The Kier molecular flexibility index (Phi) is 3.05. The van der Waals surface area contributed by atoms with E-state index in [1.165, 1.54) is 0 Å². The number of aryl methyl sites for hydroxylation is 3. The molecule has 2 aromatic rings. The van der Waals surface area contributed by atoms with Crippen LogP contribution in [0, 0.1) is 6.92 Å². The van der Waals surface area contributed by atoms with Crippen molar-refractivity contribution in [2.75, 3.05) is 5.73 Å². The van der Waals surface area contributed by atoms with Gasteiger partial charge in [-0.05, 0) is 13.0 Å². The molecule has 96 valence electrons. The Balaban J connectivity index is 2.05. The molecule has 7 heteroatoms. The topological polar surface area (TPSA) is 90.8 Å². The zero-order chi connectivity index (χ0) is 13.3. The maximum absolute atomic E-state index is 11.9. The normalized spacial score (nSPS) is 10.6. The molecule has 1 amide bonds. The highest BCUT2D eigenvalue weighted by atomic mass is 16.2. The van der Waals surface area contributed by atoms with Gasteiger partial charge in [0.25, 0.3) is 5.91 Å². The van der Waals surface area contributed by atoms with Gasteiger partial charge in [0.1, 0.15) is 11.5 Å². The fourth-order valence-electron chi connectivity index (χ4n) is 1.72. The number of hydrogen-bond acceptors (Lipinski definition) is 4. The first kappa shape index (κ1) is 12.2. The van der Waals surface area contributed by atoms with Crippen molar-refractivity contribution in [2.45, 2.75) is 13.5 Å². The molecule has 0 bridgehead atoms. The van der Waals surface area contributed by atoms with Gasteiger partial charge in [-0.2, -0.15) is 10.2 Å². The predicted octanol–water partition coefficient (Wildman–Crippen LogP) is -0.0258. The van der Waals surface area contributed by atoms with Crippen molar-refractivity contribution < 1.29 is 4.79 Å². The SMILES string of the molecule is Cc1cc(C(=O)NCc2cnn(C)c2N)n(C)n1. The number of amides is 1. The molecule has 3 N–H and O–H groups in total. The minimum Gasteiger partial charge on any atom is -0.384 e. The number of anilines is 1. The summed E-state index contributed by atoms with van der Waals surface area (Å²) in [5.74, 6) is 0.373. The van der Waals surface area contributed by atoms with E-state index >= 15 is 0 Å². The van der Waals surface area contributed by atoms with E-state index in [0.717, 1.165) is 11.3 Å². The first-order valence-corrected chi connectivity index (χ1v) is 5.54. The van der Waals surface area contributed by atoms with Crippen molar-refractivity contribution in [1.82, 2.24) is 24.9 Å². The number of nitrogens with two attached hydrogens (primary N) is 1. The summed E-state index contributed by atoms with van der Waals surface area (Å²) in [6.45, 7) is 2.19. The molecule has 0 radical (unpaired) electrons. The summed E-state index contributed by atoms with van der Waals surface area (Å²) in [7, 11) is 3.49. The molecule has 2 aromatic heterocycles. The van der Waals surface area contributed by atoms with Crippen molar-refractivity contribution in [3.05, 3.63) is 29.2 Å². The van der Waals surface area contributed by atoms with Crippen molar-refractivity contribution in [1.29, 1.82) is 0 Å². The molecule has 0 aliphatic rings. The number of nitrogens with one attached hydrogen (secondary N) is 1. The van der Waals surface area contributed by atoms with E-state index in [-0.39, 0.29) is 5.91 Å². The molecule has 0 saturated carbocycles.